The number of aryl methyl sites for hydroxylation is 1. The van der Waals surface area contributed by atoms with Gasteiger partial charge in [-0.2, -0.15) is 0 Å². The van der Waals surface area contributed by atoms with Gasteiger partial charge < -0.3 is 9.84 Å². The van der Waals surface area contributed by atoms with Gasteiger partial charge in [-0.3, -0.25) is 9.88 Å². The van der Waals surface area contributed by atoms with Crippen molar-refractivity contribution in [1.82, 2.24) is 9.88 Å². The molecule has 1 aromatic heterocycles. The Hall–Kier alpha value is -2.40. The van der Waals surface area contributed by atoms with Crippen molar-refractivity contribution in [2.75, 3.05) is 13.7 Å². The molecule has 1 atom stereocenters. The van der Waals surface area contributed by atoms with Crippen LogP contribution in [0.2, 0.25) is 0 Å². The minimum atomic E-state index is -0.950. The fourth-order valence-electron chi connectivity index (χ4n) is 3.71. The van der Waals surface area contributed by atoms with E-state index < -0.39 is 5.97 Å². The first-order chi connectivity index (χ1) is 12.7. The number of carboxylic acids is 1. The molecule has 5 heteroatoms. The van der Waals surface area contributed by atoms with Crippen LogP contribution in [0, 0.1) is 0 Å². The van der Waals surface area contributed by atoms with Crippen molar-refractivity contribution in [2.24, 2.45) is 0 Å². The number of piperidine rings is 1. The van der Waals surface area contributed by atoms with Crippen LogP contribution in [0.3, 0.4) is 0 Å². The smallest absolute Gasteiger partial charge is 0.339 e. The highest BCUT2D eigenvalue weighted by Gasteiger charge is 2.23. The van der Waals surface area contributed by atoms with Crippen molar-refractivity contribution >= 4 is 5.97 Å². The van der Waals surface area contributed by atoms with Crippen LogP contribution in [0.25, 0.3) is 0 Å². The van der Waals surface area contributed by atoms with E-state index in [4.69, 9.17) is 4.74 Å². The Morgan fingerprint density at radius 1 is 1.31 bits per heavy atom. The lowest BCUT2D eigenvalue weighted by atomic mass is 9.96. The number of nitrogens with zero attached hydrogens (tertiary/aromatic N) is 2. The van der Waals surface area contributed by atoms with Gasteiger partial charge in [0.15, 0.2) is 0 Å². The number of ether oxygens (including phenoxy) is 1. The van der Waals surface area contributed by atoms with Gasteiger partial charge in [-0.15, -0.1) is 0 Å². The lowest BCUT2D eigenvalue weighted by Gasteiger charge is -2.36. The number of rotatable bonds is 7. The first kappa shape index (κ1) is 18.4. The average Bonchev–Trinajstić information content (AvgIpc) is 2.68. The molecule has 1 N–H and O–H groups in total. The van der Waals surface area contributed by atoms with Crippen LogP contribution in [0.15, 0.2) is 42.6 Å². The summed E-state index contributed by atoms with van der Waals surface area (Å²) in [6.07, 6.45) is 7.55. The lowest BCUT2D eigenvalue weighted by Crippen LogP contribution is -2.39. The molecule has 1 saturated heterocycles. The third kappa shape index (κ3) is 4.61. The van der Waals surface area contributed by atoms with E-state index in [1.54, 1.807) is 12.1 Å². The fourth-order valence-corrected chi connectivity index (χ4v) is 3.71. The van der Waals surface area contributed by atoms with Gasteiger partial charge >= 0.3 is 5.97 Å². The topological polar surface area (TPSA) is 62.7 Å². The fraction of sp³-hybridized carbons (Fsp3) is 0.429. The second-order valence-electron chi connectivity index (χ2n) is 6.82. The molecule has 3 rings (SSSR count). The summed E-state index contributed by atoms with van der Waals surface area (Å²) in [7, 11) is 1.50. The molecule has 0 bridgehead atoms. The summed E-state index contributed by atoms with van der Waals surface area (Å²) >= 11 is 0. The molecule has 1 aromatic carbocycles. The molecular weight excluding hydrogens is 328 g/mol. The summed E-state index contributed by atoms with van der Waals surface area (Å²) in [5.74, 6) is -0.541. The van der Waals surface area contributed by atoms with E-state index in [0.717, 1.165) is 37.2 Å². The predicted molar refractivity (Wildman–Crippen MR) is 101 cm³/mol. The van der Waals surface area contributed by atoms with Gasteiger partial charge in [0, 0.05) is 24.5 Å². The van der Waals surface area contributed by atoms with Crippen molar-refractivity contribution in [3.05, 3.63) is 59.4 Å². The second kappa shape index (κ2) is 8.81. The Bertz CT molecular complexity index is 733. The van der Waals surface area contributed by atoms with Crippen molar-refractivity contribution in [3.8, 4) is 5.75 Å². The van der Waals surface area contributed by atoms with Crippen LogP contribution in [0.5, 0.6) is 5.75 Å². The molecule has 5 nitrogen and oxygen atoms in total. The molecular formula is C21H26N2O3. The Labute approximate surface area is 154 Å². The number of hydrogen-bond donors (Lipinski definition) is 1. The number of benzene rings is 1. The Balaban J connectivity index is 1.68. The SMILES string of the molecule is COc1ccc(CN2CCCCC2CCc2ccccn2)cc1C(=O)O. The summed E-state index contributed by atoms with van der Waals surface area (Å²) < 4.78 is 5.16. The van der Waals surface area contributed by atoms with Crippen LogP contribution in [-0.2, 0) is 13.0 Å². The minimum absolute atomic E-state index is 0.229. The first-order valence-corrected chi connectivity index (χ1v) is 9.21. The minimum Gasteiger partial charge on any atom is -0.496 e. The zero-order chi connectivity index (χ0) is 18.4. The Kier molecular flexibility index (Phi) is 6.23. The van der Waals surface area contributed by atoms with Gasteiger partial charge in [-0.05, 0) is 62.1 Å². The molecule has 1 aliphatic rings. The second-order valence-corrected chi connectivity index (χ2v) is 6.82. The van der Waals surface area contributed by atoms with Gasteiger partial charge in [0.1, 0.15) is 11.3 Å². The molecule has 0 saturated carbocycles. The number of aromatic nitrogens is 1. The highest BCUT2D eigenvalue weighted by atomic mass is 16.5. The van der Waals surface area contributed by atoms with Crippen molar-refractivity contribution in [1.29, 1.82) is 0 Å². The standard InChI is InChI=1S/C21H26N2O3/c1-26-20-11-8-16(14-19(20)21(24)25)15-23-13-5-3-7-18(23)10-9-17-6-2-4-12-22-17/h2,4,6,8,11-12,14,18H,3,5,7,9-10,13,15H2,1H3,(H,24,25). The third-order valence-corrected chi connectivity index (χ3v) is 5.09. The maximum atomic E-state index is 11.4. The van der Waals surface area contributed by atoms with E-state index in [1.807, 2.05) is 24.4 Å². The summed E-state index contributed by atoms with van der Waals surface area (Å²) in [4.78, 5) is 18.4. The van der Waals surface area contributed by atoms with E-state index in [1.165, 1.54) is 26.4 Å². The van der Waals surface area contributed by atoms with Crippen LogP contribution < -0.4 is 4.74 Å². The molecule has 138 valence electrons. The van der Waals surface area contributed by atoms with Crippen LogP contribution in [-0.4, -0.2) is 40.7 Å². The zero-order valence-electron chi connectivity index (χ0n) is 15.2. The van der Waals surface area contributed by atoms with E-state index in [2.05, 4.69) is 16.0 Å². The molecule has 1 aliphatic heterocycles. The Morgan fingerprint density at radius 3 is 2.92 bits per heavy atom. The normalized spacial score (nSPS) is 17.8. The van der Waals surface area contributed by atoms with Crippen molar-refractivity contribution in [3.63, 3.8) is 0 Å². The maximum Gasteiger partial charge on any atom is 0.339 e. The zero-order valence-corrected chi connectivity index (χ0v) is 15.2. The highest BCUT2D eigenvalue weighted by Crippen LogP contribution is 2.25. The number of pyridine rings is 1. The lowest BCUT2D eigenvalue weighted by molar-refractivity contribution is 0.0693. The molecule has 0 aliphatic carbocycles. The van der Waals surface area contributed by atoms with Crippen LogP contribution in [0.1, 0.15) is 47.3 Å². The molecule has 0 radical (unpaired) electrons. The number of hydrogen-bond acceptors (Lipinski definition) is 4. The molecule has 1 unspecified atom stereocenters. The van der Waals surface area contributed by atoms with Gasteiger partial charge in [0.2, 0.25) is 0 Å². The Morgan fingerprint density at radius 2 is 2.19 bits per heavy atom. The summed E-state index contributed by atoms with van der Waals surface area (Å²) in [6.45, 7) is 1.83. The predicted octanol–water partition coefficient (Wildman–Crippen LogP) is 3.78. The number of methoxy groups -OCH3 is 1. The molecule has 2 aromatic rings. The summed E-state index contributed by atoms with van der Waals surface area (Å²) in [5.41, 5.74) is 2.38. The van der Waals surface area contributed by atoms with Crippen LogP contribution in [0.4, 0.5) is 0 Å². The molecule has 2 heterocycles. The van der Waals surface area contributed by atoms with Crippen LogP contribution >= 0.6 is 0 Å². The highest BCUT2D eigenvalue weighted by molar-refractivity contribution is 5.91. The number of aromatic carboxylic acids is 1. The number of carboxylic acid groups (broad SMARTS) is 1. The quantitative estimate of drug-likeness (QED) is 0.820. The number of likely N-dealkylation sites (tertiary alicyclic amines) is 1. The van der Waals surface area contributed by atoms with Crippen molar-refractivity contribution < 1.29 is 14.6 Å². The monoisotopic (exact) mass is 354 g/mol. The van der Waals surface area contributed by atoms with Gasteiger partial charge in [-0.1, -0.05) is 18.6 Å². The average molecular weight is 354 g/mol. The summed E-state index contributed by atoms with van der Waals surface area (Å²) in [6, 6.07) is 12.0. The van der Waals surface area contributed by atoms with Gasteiger partial charge in [0.25, 0.3) is 0 Å². The van der Waals surface area contributed by atoms with E-state index >= 15 is 0 Å². The van der Waals surface area contributed by atoms with E-state index in [9.17, 15) is 9.90 Å². The van der Waals surface area contributed by atoms with Gasteiger partial charge in [0.05, 0.1) is 7.11 Å². The van der Waals surface area contributed by atoms with Gasteiger partial charge in [-0.25, -0.2) is 4.79 Å². The van der Waals surface area contributed by atoms with E-state index in [0.29, 0.717) is 11.8 Å². The molecule has 1 fully saturated rings. The molecule has 26 heavy (non-hydrogen) atoms. The van der Waals surface area contributed by atoms with Crippen molar-refractivity contribution in [2.45, 2.75) is 44.7 Å². The molecule has 0 spiro atoms. The largest absolute Gasteiger partial charge is 0.496 e. The number of carbonyl (C=O) groups is 1. The third-order valence-electron chi connectivity index (χ3n) is 5.09. The van der Waals surface area contributed by atoms with E-state index in [-0.39, 0.29) is 5.56 Å². The maximum absolute atomic E-state index is 11.4. The summed E-state index contributed by atoms with van der Waals surface area (Å²) in [5, 5.41) is 9.39. The molecule has 0 amide bonds. The first-order valence-electron chi connectivity index (χ1n) is 9.21.